The van der Waals surface area contributed by atoms with Crippen molar-refractivity contribution in [2.45, 2.75) is 19.0 Å². The second kappa shape index (κ2) is 6.35. The number of amides is 1. The molecule has 0 aliphatic carbocycles. The zero-order valence-corrected chi connectivity index (χ0v) is 11.5. The number of para-hydroxylation sites is 1. The van der Waals surface area contributed by atoms with E-state index in [1.165, 1.54) is 4.90 Å². The Balaban J connectivity index is 0.00000200. The Hall–Kier alpha value is -1.43. The molecule has 112 valence electrons. The van der Waals surface area contributed by atoms with E-state index in [0.717, 1.165) is 0 Å². The van der Waals surface area contributed by atoms with E-state index in [2.05, 4.69) is 0 Å². The minimum Gasteiger partial charge on any atom is -0.398 e. The fourth-order valence-corrected chi connectivity index (χ4v) is 2.27. The number of carbonyl (C=O) groups is 1. The van der Waals surface area contributed by atoms with Crippen molar-refractivity contribution in [3.63, 3.8) is 0 Å². The molecule has 2 N–H and O–H groups in total. The molecule has 7 heteroatoms. The monoisotopic (exact) mass is 308 g/mol. The summed E-state index contributed by atoms with van der Waals surface area (Å²) in [4.78, 5) is 13.6. The average Bonchev–Trinajstić information content (AvgIpc) is 2.38. The molecule has 3 nitrogen and oxygen atoms in total. The van der Waals surface area contributed by atoms with Crippen LogP contribution in [-0.4, -0.2) is 30.1 Å². The second-order valence-electron chi connectivity index (χ2n) is 4.70. The fourth-order valence-electron chi connectivity index (χ4n) is 2.27. The average molecular weight is 309 g/mol. The summed E-state index contributed by atoms with van der Waals surface area (Å²) in [5.41, 5.74) is 6.40. The van der Waals surface area contributed by atoms with Gasteiger partial charge in [0.25, 0.3) is 5.91 Å². The zero-order chi connectivity index (χ0) is 14.0. The van der Waals surface area contributed by atoms with Gasteiger partial charge in [-0.3, -0.25) is 4.79 Å². The molecule has 0 atom stereocenters. The lowest BCUT2D eigenvalue weighted by atomic mass is 9.95. The van der Waals surface area contributed by atoms with Crippen molar-refractivity contribution < 1.29 is 18.0 Å². The van der Waals surface area contributed by atoms with Gasteiger partial charge in [-0.1, -0.05) is 12.1 Å². The zero-order valence-electron chi connectivity index (χ0n) is 10.7. The Labute approximate surface area is 121 Å². The first-order chi connectivity index (χ1) is 8.89. The molecule has 1 aliphatic heterocycles. The van der Waals surface area contributed by atoms with Gasteiger partial charge in [0.1, 0.15) is 0 Å². The summed E-state index contributed by atoms with van der Waals surface area (Å²) < 4.78 is 37.6. The molecule has 0 radical (unpaired) electrons. The molecule has 1 fully saturated rings. The number of hydrogen-bond donors (Lipinski definition) is 1. The molecule has 2 rings (SSSR count). The number of likely N-dealkylation sites (tertiary alicyclic amines) is 1. The van der Waals surface area contributed by atoms with E-state index in [1.54, 1.807) is 24.3 Å². The molecule has 0 spiro atoms. The molecule has 1 saturated heterocycles. The van der Waals surface area contributed by atoms with E-state index in [1.807, 2.05) is 0 Å². The maximum absolute atomic E-state index is 12.5. The maximum Gasteiger partial charge on any atom is 0.391 e. The van der Waals surface area contributed by atoms with E-state index in [4.69, 9.17) is 5.73 Å². The second-order valence-corrected chi connectivity index (χ2v) is 4.70. The van der Waals surface area contributed by atoms with Crippen molar-refractivity contribution in [1.29, 1.82) is 0 Å². The van der Waals surface area contributed by atoms with Gasteiger partial charge in [-0.15, -0.1) is 12.4 Å². The molecule has 0 saturated carbocycles. The Morgan fingerprint density at radius 2 is 1.75 bits per heavy atom. The lowest BCUT2D eigenvalue weighted by Crippen LogP contribution is -2.42. The van der Waals surface area contributed by atoms with Crippen molar-refractivity contribution in [3.8, 4) is 0 Å². The molecule has 20 heavy (non-hydrogen) atoms. The highest BCUT2D eigenvalue weighted by Gasteiger charge is 2.41. The van der Waals surface area contributed by atoms with Gasteiger partial charge in [0.2, 0.25) is 0 Å². The quantitative estimate of drug-likeness (QED) is 0.810. The van der Waals surface area contributed by atoms with Gasteiger partial charge < -0.3 is 10.6 Å². The molecule has 0 bridgehead atoms. The summed E-state index contributed by atoms with van der Waals surface area (Å²) in [5.74, 6) is -1.59. The van der Waals surface area contributed by atoms with Crippen molar-refractivity contribution >= 4 is 24.0 Å². The van der Waals surface area contributed by atoms with Crippen LogP contribution < -0.4 is 5.73 Å². The molecular weight excluding hydrogens is 293 g/mol. The van der Waals surface area contributed by atoms with Crippen LogP contribution in [-0.2, 0) is 0 Å². The van der Waals surface area contributed by atoms with Crippen LogP contribution in [0.5, 0.6) is 0 Å². The number of anilines is 1. The van der Waals surface area contributed by atoms with E-state index >= 15 is 0 Å². The minimum atomic E-state index is -4.17. The number of piperidine rings is 1. The largest absolute Gasteiger partial charge is 0.398 e. The van der Waals surface area contributed by atoms with Gasteiger partial charge in [0, 0.05) is 18.8 Å². The van der Waals surface area contributed by atoms with Crippen LogP contribution in [0, 0.1) is 5.92 Å². The van der Waals surface area contributed by atoms with Crippen molar-refractivity contribution in [3.05, 3.63) is 29.8 Å². The Kier molecular flexibility index (Phi) is 5.28. The van der Waals surface area contributed by atoms with Gasteiger partial charge in [0.15, 0.2) is 0 Å². The van der Waals surface area contributed by atoms with Gasteiger partial charge in [-0.25, -0.2) is 0 Å². The molecule has 1 aliphatic rings. The predicted molar refractivity (Wildman–Crippen MR) is 72.8 cm³/mol. The van der Waals surface area contributed by atoms with Crippen LogP contribution in [0.25, 0.3) is 0 Å². The highest BCUT2D eigenvalue weighted by Crippen LogP contribution is 2.34. The summed E-state index contributed by atoms with van der Waals surface area (Å²) in [7, 11) is 0. The Bertz CT molecular complexity index is 471. The standard InChI is InChI=1S/C13H15F3N2O.ClH/c14-13(15,16)9-5-7-18(8-6-9)12(19)10-3-1-2-4-11(10)17;/h1-4,9H,5-8,17H2;1H. The van der Waals surface area contributed by atoms with Crippen LogP contribution in [0.3, 0.4) is 0 Å². The summed E-state index contributed by atoms with van der Waals surface area (Å²) in [6.07, 6.45) is -4.25. The fraction of sp³-hybridized carbons (Fsp3) is 0.462. The lowest BCUT2D eigenvalue weighted by Gasteiger charge is -2.33. The molecule has 1 heterocycles. The van der Waals surface area contributed by atoms with Crippen LogP contribution in [0.1, 0.15) is 23.2 Å². The molecule has 1 amide bonds. The van der Waals surface area contributed by atoms with Crippen molar-refractivity contribution in [2.75, 3.05) is 18.8 Å². The molecular formula is C13H16ClF3N2O. The Morgan fingerprint density at radius 1 is 1.20 bits per heavy atom. The number of nitrogens with two attached hydrogens (primary N) is 1. The molecule has 1 aromatic rings. The number of nitrogens with zero attached hydrogens (tertiary/aromatic N) is 1. The molecule has 1 aromatic carbocycles. The van der Waals surface area contributed by atoms with Crippen LogP contribution in [0.4, 0.5) is 18.9 Å². The number of hydrogen-bond acceptors (Lipinski definition) is 2. The summed E-state index contributed by atoms with van der Waals surface area (Å²) in [6, 6.07) is 6.59. The van der Waals surface area contributed by atoms with Gasteiger partial charge >= 0.3 is 6.18 Å². The van der Waals surface area contributed by atoms with E-state index in [-0.39, 0.29) is 44.2 Å². The number of alkyl halides is 3. The number of benzene rings is 1. The number of rotatable bonds is 1. The third-order valence-electron chi connectivity index (χ3n) is 3.44. The van der Waals surface area contributed by atoms with Crippen molar-refractivity contribution in [2.24, 2.45) is 5.92 Å². The number of nitrogen functional groups attached to an aromatic ring is 1. The van der Waals surface area contributed by atoms with Crippen molar-refractivity contribution in [1.82, 2.24) is 4.90 Å². The van der Waals surface area contributed by atoms with Gasteiger partial charge in [-0.2, -0.15) is 13.2 Å². The van der Waals surface area contributed by atoms with E-state index < -0.39 is 12.1 Å². The first-order valence-corrected chi connectivity index (χ1v) is 6.10. The van der Waals surface area contributed by atoms with E-state index in [9.17, 15) is 18.0 Å². The number of halogens is 4. The first kappa shape index (κ1) is 16.6. The maximum atomic E-state index is 12.5. The predicted octanol–water partition coefficient (Wildman–Crippen LogP) is 3.11. The number of carbonyl (C=O) groups excluding carboxylic acids is 1. The van der Waals surface area contributed by atoms with Crippen LogP contribution in [0.2, 0.25) is 0 Å². The Morgan fingerprint density at radius 3 is 2.25 bits per heavy atom. The van der Waals surface area contributed by atoms with Crippen LogP contribution in [0.15, 0.2) is 24.3 Å². The smallest absolute Gasteiger partial charge is 0.391 e. The van der Waals surface area contributed by atoms with Gasteiger partial charge in [0.05, 0.1) is 11.5 Å². The van der Waals surface area contributed by atoms with E-state index in [0.29, 0.717) is 11.3 Å². The highest BCUT2D eigenvalue weighted by molar-refractivity contribution is 5.99. The first-order valence-electron chi connectivity index (χ1n) is 6.10. The summed E-state index contributed by atoms with van der Waals surface area (Å²) >= 11 is 0. The SMILES string of the molecule is Cl.Nc1ccccc1C(=O)N1CCC(C(F)(F)F)CC1. The third-order valence-corrected chi connectivity index (χ3v) is 3.44. The summed E-state index contributed by atoms with van der Waals surface area (Å²) in [6.45, 7) is 0.245. The minimum absolute atomic E-state index is 0. The highest BCUT2D eigenvalue weighted by atomic mass is 35.5. The third kappa shape index (κ3) is 3.56. The van der Waals surface area contributed by atoms with Gasteiger partial charge in [-0.05, 0) is 25.0 Å². The summed E-state index contributed by atoms with van der Waals surface area (Å²) in [5, 5.41) is 0. The lowest BCUT2D eigenvalue weighted by molar-refractivity contribution is -0.183. The van der Waals surface area contributed by atoms with Crippen LogP contribution >= 0.6 is 12.4 Å². The normalized spacial score (nSPS) is 16.6. The molecule has 0 aromatic heterocycles. The topological polar surface area (TPSA) is 46.3 Å². The molecule has 0 unspecified atom stereocenters.